The first kappa shape index (κ1) is 14.5. The third kappa shape index (κ3) is 2.98. The van der Waals surface area contributed by atoms with Gasteiger partial charge in [0, 0.05) is 12.1 Å². The summed E-state index contributed by atoms with van der Waals surface area (Å²) in [5.41, 5.74) is 5.18. The molecule has 0 saturated heterocycles. The fraction of sp³-hybridized carbons (Fsp3) is 0. The van der Waals surface area contributed by atoms with Crippen molar-refractivity contribution in [3.63, 3.8) is 0 Å². The summed E-state index contributed by atoms with van der Waals surface area (Å²) in [5.74, 6) is -0.530. The number of hydrogen-bond acceptors (Lipinski definition) is 6. The van der Waals surface area contributed by atoms with E-state index in [0.29, 0.717) is 0 Å². The van der Waals surface area contributed by atoms with E-state index in [1.807, 2.05) is 0 Å². The number of amides is 1. The summed E-state index contributed by atoms with van der Waals surface area (Å²) < 4.78 is 0. The number of halogens is 2. The Morgan fingerprint density at radius 3 is 2.70 bits per heavy atom. The van der Waals surface area contributed by atoms with E-state index in [-0.39, 0.29) is 31.4 Å². The predicted octanol–water partition coefficient (Wildman–Crippen LogP) is 3.19. The van der Waals surface area contributed by atoms with E-state index >= 15 is 0 Å². The van der Waals surface area contributed by atoms with E-state index in [2.05, 4.69) is 10.3 Å². The van der Waals surface area contributed by atoms with Gasteiger partial charge in [-0.3, -0.25) is 14.9 Å². The zero-order chi connectivity index (χ0) is 14.9. The van der Waals surface area contributed by atoms with Gasteiger partial charge in [0.05, 0.1) is 26.9 Å². The van der Waals surface area contributed by atoms with Crippen LogP contribution < -0.4 is 11.1 Å². The quantitative estimate of drug-likeness (QED) is 0.662. The monoisotopic (exact) mass is 332 g/mol. The minimum absolute atomic E-state index is 0.0168. The Balaban J connectivity index is 2.33. The Bertz CT molecular complexity index is 704. The van der Waals surface area contributed by atoms with Crippen molar-refractivity contribution in [2.75, 3.05) is 11.1 Å². The summed E-state index contributed by atoms with van der Waals surface area (Å²) in [4.78, 5) is 26.0. The number of non-ortho nitro benzene ring substituents is 1. The second-order valence-electron chi connectivity index (χ2n) is 3.56. The summed E-state index contributed by atoms with van der Waals surface area (Å²) in [6, 6.07) is 2.22. The van der Waals surface area contributed by atoms with Crippen LogP contribution in [0.15, 0.2) is 18.3 Å². The summed E-state index contributed by atoms with van der Waals surface area (Å²) >= 11 is 12.7. The van der Waals surface area contributed by atoms with E-state index in [0.717, 1.165) is 23.5 Å². The van der Waals surface area contributed by atoms with Crippen LogP contribution in [0.4, 0.5) is 16.5 Å². The van der Waals surface area contributed by atoms with Gasteiger partial charge in [0.1, 0.15) is 4.88 Å². The summed E-state index contributed by atoms with van der Waals surface area (Å²) in [6.45, 7) is 0. The number of nitrogens with two attached hydrogens (primary N) is 1. The van der Waals surface area contributed by atoms with Gasteiger partial charge in [-0.15, -0.1) is 0 Å². The molecular weight excluding hydrogens is 327 g/mol. The molecule has 2 rings (SSSR count). The number of carbonyl (C=O) groups is 1. The third-order valence-electron chi connectivity index (χ3n) is 2.22. The molecule has 0 unspecified atom stereocenters. The Kier molecular flexibility index (Phi) is 4.07. The molecule has 1 aromatic carbocycles. The lowest BCUT2D eigenvalue weighted by Gasteiger charge is -2.07. The molecule has 10 heteroatoms. The molecule has 0 fully saturated rings. The lowest BCUT2D eigenvalue weighted by Crippen LogP contribution is -2.11. The first-order chi connectivity index (χ1) is 9.38. The molecular formula is C10H6Cl2N4O3S. The fourth-order valence-corrected chi connectivity index (χ4v) is 2.30. The number of nitro benzene ring substituents is 1. The number of hydrogen-bond donors (Lipinski definition) is 2. The van der Waals surface area contributed by atoms with Crippen LogP contribution in [0.5, 0.6) is 0 Å². The molecule has 0 aliphatic heterocycles. The Hall–Kier alpha value is -1.90. The molecule has 0 aliphatic rings. The third-order valence-corrected chi connectivity index (χ3v) is 3.85. The minimum Gasteiger partial charge on any atom is -0.375 e. The zero-order valence-electron chi connectivity index (χ0n) is 9.59. The normalized spacial score (nSPS) is 10.3. The van der Waals surface area contributed by atoms with Gasteiger partial charge >= 0.3 is 0 Å². The molecule has 104 valence electrons. The highest BCUT2D eigenvalue weighted by Gasteiger charge is 2.17. The molecule has 0 aliphatic carbocycles. The highest BCUT2D eigenvalue weighted by atomic mass is 35.5. The molecule has 1 amide bonds. The predicted molar refractivity (Wildman–Crippen MR) is 77.6 cm³/mol. The van der Waals surface area contributed by atoms with Crippen molar-refractivity contribution in [3.8, 4) is 0 Å². The van der Waals surface area contributed by atoms with Gasteiger partial charge in [-0.05, 0) is 0 Å². The van der Waals surface area contributed by atoms with E-state index in [4.69, 9.17) is 28.9 Å². The SMILES string of the molecule is Nc1ncc(C(=O)Nc2cc([N+](=O)[O-])cc(Cl)c2Cl)s1. The van der Waals surface area contributed by atoms with Crippen LogP contribution >= 0.6 is 34.5 Å². The summed E-state index contributed by atoms with van der Waals surface area (Å²) in [5, 5.41) is 13.4. The second-order valence-corrected chi connectivity index (χ2v) is 5.41. The highest BCUT2D eigenvalue weighted by Crippen LogP contribution is 2.34. The number of nitrogens with one attached hydrogen (secondary N) is 1. The van der Waals surface area contributed by atoms with Gasteiger partial charge < -0.3 is 11.1 Å². The maximum Gasteiger partial charge on any atom is 0.273 e. The first-order valence-electron chi connectivity index (χ1n) is 5.04. The minimum atomic E-state index is -0.636. The lowest BCUT2D eigenvalue weighted by atomic mass is 10.2. The molecule has 0 spiro atoms. The molecule has 0 bridgehead atoms. The fourth-order valence-electron chi connectivity index (χ4n) is 1.35. The molecule has 0 atom stereocenters. The number of anilines is 2. The van der Waals surface area contributed by atoms with E-state index in [9.17, 15) is 14.9 Å². The first-order valence-corrected chi connectivity index (χ1v) is 6.62. The van der Waals surface area contributed by atoms with Crippen LogP contribution in [0, 0.1) is 10.1 Å². The van der Waals surface area contributed by atoms with Gasteiger partial charge in [-0.2, -0.15) is 0 Å². The lowest BCUT2D eigenvalue weighted by molar-refractivity contribution is -0.384. The van der Waals surface area contributed by atoms with Gasteiger partial charge in [0.15, 0.2) is 5.13 Å². The Labute approximate surface area is 126 Å². The number of nitrogen functional groups attached to an aromatic ring is 1. The van der Waals surface area contributed by atoms with Crippen LogP contribution in [0.2, 0.25) is 10.0 Å². The smallest absolute Gasteiger partial charge is 0.273 e. The maximum absolute atomic E-state index is 11.9. The standard InChI is InChI=1S/C10H6Cl2N4O3S/c11-5-1-4(16(18)19)2-6(8(5)12)15-9(17)7-3-14-10(13)20-7/h1-3H,(H2,13,14)(H,15,17). The van der Waals surface area contributed by atoms with E-state index in [1.165, 1.54) is 6.20 Å². The molecule has 1 aromatic heterocycles. The van der Waals surface area contributed by atoms with E-state index < -0.39 is 10.8 Å². The zero-order valence-corrected chi connectivity index (χ0v) is 11.9. The molecule has 20 heavy (non-hydrogen) atoms. The molecule has 3 N–H and O–H groups in total. The van der Waals surface area contributed by atoms with Crippen molar-refractivity contribution in [2.24, 2.45) is 0 Å². The molecule has 7 nitrogen and oxygen atoms in total. The van der Waals surface area contributed by atoms with Gasteiger partial charge in [0.2, 0.25) is 0 Å². The summed E-state index contributed by atoms with van der Waals surface area (Å²) in [7, 11) is 0. The van der Waals surface area contributed by atoms with Crippen LogP contribution in [-0.4, -0.2) is 15.8 Å². The number of carbonyl (C=O) groups excluding carboxylic acids is 1. The van der Waals surface area contributed by atoms with Crippen molar-refractivity contribution in [2.45, 2.75) is 0 Å². The van der Waals surface area contributed by atoms with Crippen molar-refractivity contribution >= 4 is 57.0 Å². The number of rotatable bonds is 3. The maximum atomic E-state index is 11.9. The van der Waals surface area contributed by atoms with Crippen molar-refractivity contribution in [1.82, 2.24) is 4.98 Å². The van der Waals surface area contributed by atoms with Crippen LogP contribution in [0.1, 0.15) is 9.67 Å². The second kappa shape index (κ2) is 5.61. The van der Waals surface area contributed by atoms with Crippen molar-refractivity contribution in [3.05, 3.63) is 43.4 Å². The number of nitro groups is 1. The van der Waals surface area contributed by atoms with Crippen molar-refractivity contribution < 1.29 is 9.72 Å². The number of thiazole rings is 1. The van der Waals surface area contributed by atoms with Crippen molar-refractivity contribution in [1.29, 1.82) is 0 Å². The van der Waals surface area contributed by atoms with Crippen LogP contribution in [0.3, 0.4) is 0 Å². The molecule has 0 radical (unpaired) electrons. The topological polar surface area (TPSA) is 111 Å². The Morgan fingerprint density at radius 1 is 1.45 bits per heavy atom. The number of benzene rings is 1. The average molecular weight is 333 g/mol. The largest absolute Gasteiger partial charge is 0.375 e. The van der Waals surface area contributed by atoms with E-state index in [1.54, 1.807) is 0 Å². The molecule has 0 saturated carbocycles. The highest BCUT2D eigenvalue weighted by molar-refractivity contribution is 7.17. The van der Waals surface area contributed by atoms with Crippen LogP contribution in [-0.2, 0) is 0 Å². The summed E-state index contributed by atoms with van der Waals surface area (Å²) in [6.07, 6.45) is 1.29. The number of nitrogens with zero attached hydrogens (tertiary/aromatic N) is 2. The Morgan fingerprint density at radius 2 is 2.15 bits per heavy atom. The molecule has 1 heterocycles. The van der Waals surface area contributed by atoms with Gasteiger partial charge in [0.25, 0.3) is 11.6 Å². The molecule has 2 aromatic rings. The average Bonchev–Trinajstić information content (AvgIpc) is 2.81. The van der Waals surface area contributed by atoms with Gasteiger partial charge in [-0.1, -0.05) is 34.5 Å². The van der Waals surface area contributed by atoms with Crippen LogP contribution in [0.25, 0.3) is 0 Å². The number of aromatic nitrogens is 1. The van der Waals surface area contributed by atoms with Gasteiger partial charge in [-0.25, -0.2) is 4.98 Å².